The van der Waals surface area contributed by atoms with Gasteiger partial charge in [-0.3, -0.25) is 4.79 Å². The summed E-state index contributed by atoms with van der Waals surface area (Å²) in [5.41, 5.74) is 1.95. The zero-order valence-corrected chi connectivity index (χ0v) is 11.6. The minimum Gasteiger partial charge on any atom is -0.388 e. The second-order valence-electron chi connectivity index (χ2n) is 6.45. The molecule has 1 saturated carbocycles. The highest BCUT2D eigenvalue weighted by Crippen LogP contribution is 2.53. The van der Waals surface area contributed by atoms with Crippen LogP contribution in [-0.2, 0) is 4.79 Å². The Balaban J connectivity index is 1.94. The van der Waals surface area contributed by atoms with Gasteiger partial charge in [0.1, 0.15) is 0 Å². The molecular formula is C16H21NO2. The number of aliphatic hydroxyl groups is 1. The maximum atomic E-state index is 12.6. The van der Waals surface area contributed by atoms with Crippen LogP contribution in [0.3, 0.4) is 0 Å². The maximum Gasteiger partial charge on any atom is 0.230 e. The van der Waals surface area contributed by atoms with Crippen molar-refractivity contribution in [3.63, 3.8) is 0 Å². The van der Waals surface area contributed by atoms with Crippen LogP contribution in [0.15, 0.2) is 24.3 Å². The summed E-state index contributed by atoms with van der Waals surface area (Å²) in [6.07, 6.45) is 2.12. The van der Waals surface area contributed by atoms with Crippen LogP contribution in [0.2, 0.25) is 0 Å². The standard InChI is InChI=1S/C16H21NO2/c1-16(2)10-12(16)15(19)17-9-5-8-14(18)11-6-3-4-7-13(11)17/h3-4,6-7,12,14,18H,5,8-10H2,1-2H3. The molecule has 1 aliphatic carbocycles. The molecule has 102 valence electrons. The van der Waals surface area contributed by atoms with Gasteiger partial charge in [0.15, 0.2) is 0 Å². The predicted octanol–water partition coefficient (Wildman–Crippen LogP) is 2.89. The van der Waals surface area contributed by atoms with E-state index in [-0.39, 0.29) is 17.2 Å². The van der Waals surface area contributed by atoms with Crippen LogP contribution >= 0.6 is 0 Å². The first-order chi connectivity index (χ1) is 9.00. The molecule has 1 fully saturated rings. The van der Waals surface area contributed by atoms with Gasteiger partial charge in [0.2, 0.25) is 5.91 Å². The van der Waals surface area contributed by atoms with Gasteiger partial charge in [-0.1, -0.05) is 32.0 Å². The molecular weight excluding hydrogens is 238 g/mol. The molecule has 3 nitrogen and oxygen atoms in total. The van der Waals surface area contributed by atoms with Crippen molar-refractivity contribution in [3.8, 4) is 0 Å². The Hall–Kier alpha value is -1.35. The molecule has 1 N–H and O–H groups in total. The highest BCUT2D eigenvalue weighted by atomic mass is 16.3. The number of fused-ring (bicyclic) bond motifs is 1. The Morgan fingerprint density at radius 3 is 2.74 bits per heavy atom. The predicted molar refractivity (Wildman–Crippen MR) is 74.9 cm³/mol. The number of carbonyl (C=O) groups is 1. The molecule has 2 unspecified atom stereocenters. The van der Waals surface area contributed by atoms with Gasteiger partial charge in [-0.2, -0.15) is 0 Å². The van der Waals surface area contributed by atoms with Crippen molar-refractivity contribution < 1.29 is 9.90 Å². The van der Waals surface area contributed by atoms with Gasteiger partial charge in [-0.25, -0.2) is 0 Å². The third-order valence-electron chi connectivity index (χ3n) is 4.52. The molecule has 1 aromatic carbocycles. The van der Waals surface area contributed by atoms with E-state index in [1.165, 1.54) is 0 Å². The van der Waals surface area contributed by atoms with Crippen molar-refractivity contribution in [1.82, 2.24) is 0 Å². The molecule has 0 aromatic heterocycles. The highest BCUT2D eigenvalue weighted by molar-refractivity contribution is 5.98. The number of amides is 1. The highest BCUT2D eigenvalue weighted by Gasteiger charge is 2.52. The fourth-order valence-corrected chi connectivity index (χ4v) is 3.04. The molecule has 3 heteroatoms. The molecule has 2 aliphatic rings. The van der Waals surface area contributed by atoms with Gasteiger partial charge in [-0.05, 0) is 30.7 Å². The van der Waals surface area contributed by atoms with Gasteiger partial charge in [0.25, 0.3) is 0 Å². The normalized spacial score (nSPS) is 28.5. The summed E-state index contributed by atoms with van der Waals surface area (Å²) in [5.74, 6) is 0.377. The van der Waals surface area contributed by atoms with E-state index in [0.29, 0.717) is 0 Å². The Bertz CT molecular complexity index is 509. The lowest BCUT2D eigenvalue weighted by atomic mass is 10.0. The summed E-state index contributed by atoms with van der Waals surface area (Å²) in [5, 5.41) is 10.2. The number of para-hydroxylation sites is 1. The number of nitrogens with zero attached hydrogens (tertiary/aromatic N) is 1. The van der Waals surface area contributed by atoms with Gasteiger partial charge in [0.05, 0.1) is 6.10 Å². The van der Waals surface area contributed by atoms with Crippen molar-refractivity contribution in [3.05, 3.63) is 29.8 Å². The molecule has 0 spiro atoms. The molecule has 3 rings (SSSR count). The van der Waals surface area contributed by atoms with Gasteiger partial charge >= 0.3 is 0 Å². The second-order valence-corrected chi connectivity index (χ2v) is 6.45. The van der Waals surface area contributed by atoms with Crippen LogP contribution in [0.1, 0.15) is 44.8 Å². The zero-order chi connectivity index (χ0) is 13.6. The molecule has 2 atom stereocenters. The summed E-state index contributed by atoms with van der Waals surface area (Å²) in [4.78, 5) is 14.5. The van der Waals surface area contributed by atoms with Crippen LogP contribution in [-0.4, -0.2) is 17.6 Å². The van der Waals surface area contributed by atoms with Crippen LogP contribution in [0.5, 0.6) is 0 Å². The van der Waals surface area contributed by atoms with Gasteiger partial charge < -0.3 is 10.0 Å². The van der Waals surface area contributed by atoms with E-state index in [1.54, 1.807) is 0 Å². The lowest BCUT2D eigenvalue weighted by molar-refractivity contribution is -0.120. The van der Waals surface area contributed by atoms with E-state index >= 15 is 0 Å². The van der Waals surface area contributed by atoms with Crippen molar-refractivity contribution in [2.75, 3.05) is 11.4 Å². The van der Waals surface area contributed by atoms with Crippen molar-refractivity contribution in [2.45, 2.75) is 39.2 Å². The SMILES string of the molecule is CC1(C)CC1C(=O)N1CCCC(O)c2ccccc21. The first-order valence-corrected chi connectivity index (χ1v) is 7.09. The lowest BCUT2D eigenvalue weighted by Crippen LogP contribution is -2.34. The van der Waals surface area contributed by atoms with Crippen molar-refractivity contribution in [2.24, 2.45) is 11.3 Å². The molecule has 19 heavy (non-hydrogen) atoms. The van der Waals surface area contributed by atoms with E-state index in [1.807, 2.05) is 29.2 Å². The number of anilines is 1. The Morgan fingerprint density at radius 1 is 1.37 bits per heavy atom. The average molecular weight is 259 g/mol. The number of hydrogen-bond acceptors (Lipinski definition) is 2. The Morgan fingerprint density at radius 2 is 2.05 bits per heavy atom. The largest absolute Gasteiger partial charge is 0.388 e. The van der Waals surface area contributed by atoms with Crippen LogP contribution in [0.25, 0.3) is 0 Å². The number of aliphatic hydroxyl groups excluding tert-OH is 1. The Labute approximate surface area is 114 Å². The quantitative estimate of drug-likeness (QED) is 0.842. The number of benzene rings is 1. The fourth-order valence-electron chi connectivity index (χ4n) is 3.04. The third-order valence-corrected chi connectivity index (χ3v) is 4.52. The van der Waals surface area contributed by atoms with Crippen molar-refractivity contribution >= 4 is 11.6 Å². The van der Waals surface area contributed by atoms with E-state index in [0.717, 1.165) is 37.1 Å². The van der Waals surface area contributed by atoms with E-state index in [2.05, 4.69) is 13.8 Å². The summed E-state index contributed by atoms with van der Waals surface area (Å²) >= 11 is 0. The molecule has 1 aliphatic heterocycles. The molecule has 1 heterocycles. The summed E-state index contributed by atoms with van der Waals surface area (Å²) < 4.78 is 0. The summed E-state index contributed by atoms with van der Waals surface area (Å²) in [6.45, 7) is 5.02. The summed E-state index contributed by atoms with van der Waals surface area (Å²) in [7, 11) is 0. The lowest BCUT2D eigenvalue weighted by Gasteiger charge is -2.24. The van der Waals surface area contributed by atoms with Crippen molar-refractivity contribution in [1.29, 1.82) is 0 Å². The van der Waals surface area contributed by atoms with Gasteiger partial charge in [0, 0.05) is 23.7 Å². The first kappa shape index (κ1) is 12.7. The number of rotatable bonds is 1. The number of carbonyl (C=O) groups excluding carboxylic acids is 1. The molecule has 1 aromatic rings. The maximum absolute atomic E-state index is 12.6. The van der Waals surface area contributed by atoms with Crippen LogP contribution < -0.4 is 4.90 Å². The number of hydrogen-bond donors (Lipinski definition) is 1. The molecule has 1 amide bonds. The third kappa shape index (κ3) is 2.16. The van der Waals surface area contributed by atoms with E-state index in [4.69, 9.17) is 0 Å². The molecule has 0 radical (unpaired) electrons. The smallest absolute Gasteiger partial charge is 0.230 e. The minimum atomic E-state index is -0.443. The second kappa shape index (κ2) is 4.34. The topological polar surface area (TPSA) is 40.5 Å². The van der Waals surface area contributed by atoms with Crippen LogP contribution in [0, 0.1) is 11.3 Å². The summed E-state index contributed by atoms with van der Waals surface area (Å²) in [6, 6.07) is 7.76. The van der Waals surface area contributed by atoms with Gasteiger partial charge in [-0.15, -0.1) is 0 Å². The monoisotopic (exact) mass is 259 g/mol. The van der Waals surface area contributed by atoms with Crippen LogP contribution in [0.4, 0.5) is 5.69 Å². The first-order valence-electron chi connectivity index (χ1n) is 7.09. The Kier molecular flexibility index (Phi) is 2.90. The molecule has 0 saturated heterocycles. The minimum absolute atomic E-state index is 0.149. The van der Waals surface area contributed by atoms with E-state index in [9.17, 15) is 9.90 Å². The average Bonchev–Trinajstić information content (AvgIpc) is 3.06. The van der Waals surface area contributed by atoms with E-state index < -0.39 is 6.10 Å². The zero-order valence-electron chi connectivity index (χ0n) is 11.6. The fraction of sp³-hybridized carbons (Fsp3) is 0.562. The molecule has 0 bridgehead atoms.